The molecule has 2 aromatic rings. The van der Waals surface area contributed by atoms with E-state index in [0.717, 1.165) is 11.3 Å². The van der Waals surface area contributed by atoms with Gasteiger partial charge in [-0.2, -0.15) is 0 Å². The Morgan fingerprint density at radius 1 is 1.08 bits per heavy atom. The van der Waals surface area contributed by atoms with Crippen LogP contribution in [0.25, 0.3) is 0 Å². The predicted molar refractivity (Wildman–Crippen MR) is 103 cm³/mol. The molecular formula is C19H23ClN2O2S. The molecule has 0 spiro atoms. The van der Waals surface area contributed by atoms with Crippen LogP contribution < -0.4 is 10.6 Å². The van der Waals surface area contributed by atoms with Crippen molar-refractivity contribution in [1.82, 2.24) is 10.6 Å². The maximum absolute atomic E-state index is 12.7. The first-order valence-corrected chi connectivity index (χ1v) is 9.53. The molecule has 0 bridgehead atoms. The molecule has 0 radical (unpaired) electrons. The second kappa shape index (κ2) is 9.02. The number of amides is 2. The Bertz CT molecular complexity index is 717. The lowest BCUT2D eigenvalue weighted by atomic mass is 9.97. The van der Waals surface area contributed by atoms with Crippen LogP contribution in [0.15, 0.2) is 42.5 Å². The lowest BCUT2D eigenvalue weighted by Crippen LogP contribution is -2.50. The van der Waals surface area contributed by atoms with Crippen molar-refractivity contribution >= 4 is 34.8 Å². The fourth-order valence-corrected chi connectivity index (χ4v) is 3.51. The number of nitrogens with one attached hydrogen (secondary N) is 2. The Morgan fingerprint density at radius 3 is 2.32 bits per heavy atom. The number of hydrogen-bond acceptors (Lipinski definition) is 3. The molecule has 6 heteroatoms. The average Bonchev–Trinajstić information content (AvgIpc) is 3.06. The number of rotatable bonds is 7. The minimum absolute atomic E-state index is 0.0202. The van der Waals surface area contributed by atoms with Gasteiger partial charge in [0, 0.05) is 10.4 Å². The third-order valence-electron chi connectivity index (χ3n) is 4.20. The summed E-state index contributed by atoms with van der Waals surface area (Å²) in [5.74, 6) is -0.407. The number of thiophene rings is 1. The van der Waals surface area contributed by atoms with Gasteiger partial charge in [-0.25, -0.2) is 0 Å². The molecular weight excluding hydrogens is 356 g/mol. The Hall–Kier alpha value is -1.85. The molecule has 25 heavy (non-hydrogen) atoms. The van der Waals surface area contributed by atoms with Crippen molar-refractivity contribution in [2.24, 2.45) is 5.92 Å². The van der Waals surface area contributed by atoms with Gasteiger partial charge < -0.3 is 10.6 Å². The largest absolute Gasteiger partial charge is 0.347 e. The summed E-state index contributed by atoms with van der Waals surface area (Å²) in [7, 11) is 0. The molecule has 1 aromatic carbocycles. The highest BCUT2D eigenvalue weighted by molar-refractivity contribution is 7.16. The Morgan fingerprint density at radius 2 is 1.76 bits per heavy atom. The van der Waals surface area contributed by atoms with E-state index in [-0.39, 0.29) is 23.8 Å². The average molecular weight is 379 g/mol. The van der Waals surface area contributed by atoms with Crippen molar-refractivity contribution in [2.75, 3.05) is 0 Å². The minimum atomic E-state index is -0.587. The van der Waals surface area contributed by atoms with Crippen LogP contribution in [0.1, 0.15) is 48.5 Å². The number of carbonyl (C=O) groups is 2. The zero-order valence-corrected chi connectivity index (χ0v) is 16.2. The number of hydrogen-bond donors (Lipinski definition) is 2. The van der Waals surface area contributed by atoms with Crippen LogP contribution >= 0.6 is 22.9 Å². The number of benzene rings is 1. The van der Waals surface area contributed by atoms with Gasteiger partial charge in [-0.3, -0.25) is 9.59 Å². The van der Waals surface area contributed by atoms with Gasteiger partial charge in [0.25, 0.3) is 5.91 Å². The van der Waals surface area contributed by atoms with E-state index < -0.39 is 6.04 Å². The first kappa shape index (κ1) is 19.5. The fourth-order valence-electron chi connectivity index (χ4n) is 2.45. The second-order valence-electron chi connectivity index (χ2n) is 6.07. The summed E-state index contributed by atoms with van der Waals surface area (Å²) in [4.78, 5) is 26.2. The Balaban J connectivity index is 2.08. The van der Waals surface area contributed by atoms with E-state index in [1.807, 2.05) is 39.0 Å². The van der Waals surface area contributed by atoms with Gasteiger partial charge in [0.05, 0.1) is 10.4 Å². The molecule has 4 nitrogen and oxygen atoms in total. The van der Waals surface area contributed by atoms with Gasteiger partial charge >= 0.3 is 0 Å². The molecule has 3 atom stereocenters. The Kier molecular flexibility index (Phi) is 7.02. The van der Waals surface area contributed by atoms with Crippen molar-refractivity contribution in [3.63, 3.8) is 0 Å². The van der Waals surface area contributed by atoms with Crippen LogP contribution in [0, 0.1) is 5.92 Å². The first-order chi connectivity index (χ1) is 11.9. The molecule has 0 fully saturated rings. The maximum Gasteiger partial charge on any atom is 0.251 e. The maximum atomic E-state index is 12.7. The molecule has 0 aliphatic rings. The zero-order chi connectivity index (χ0) is 18.4. The molecule has 1 heterocycles. The van der Waals surface area contributed by atoms with E-state index in [1.165, 1.54) is 11.3 Å². The van der Waals surface area contributed by atoms with E-state index in [1.54, 1.807) is 24.3 Å². The molecule has 3 unspecified atom stereocenters. The van der Waals surface area contributed by atoms with Crippen molar-refractivity contribution < 1.29 is 9.59 Å². The molecule has 0 aliphatic carbocycles. The van der Waals surface area contributed by atoms with E-state index >= 15 is 0 Å². The molecule has 2 N–H and O–H groups in total. The van der Waals surface area contributed by atoms with Gasteiger partial charge in [-0.1, -0.05) is 50.1 Å². The van der Waals surface area contributed by atoms with Crippen molar-refractivity contribution in [3.05, 3.63) is 57.2 Å². The van der Waals surface area contributed by atoms with E-state index in [0.29, 0.717) is 9.90 Å². The highest BCUT2D eigenvalue weighted by atomic mass is 35.5. The summed E-state index contributed by atoms with van der Waals surface area (Å²) >= 11 is 7.40. The molecule has 2 amide bonds. The molecule has 0 saturated heterocycles. The van der Waals surface area contributed by atoms with Crippen molar-refractivity contribution in [3.8, 4) is 0 Å². The van der Waals surface area contributed by atoms with Crippen LogP contribution in [0.4, 0.5) is 0 Å². The minimum Gasteiger partial charge on any atom is -0.347 e. The highest BCUT2D eigenvalue weighted by Gasteiger charge is 2.27. The van der Waals surface area contributed by atoms with E-state index in [4.69, 9.17) is 11.6 Å². The third-order valence-corrected chi connectivity index (χ3v) is 5.61. The summed E-state index contributed by atoms with van der Waals surface area (Å²) in [6.07, 6.45) is 0.784. The van der Waals surface area contributed by atoms with Crippen LogP contribution in [-0.2, 0) is 4.79 Å². The highest BCUT2D eigenvalue weighted by Crippen LogP contribution is 2.26. The van der Waals surface area contributed by atoms with Crippen molar-refractivity contribution in [1.29, 1.82) is 0 Å². The SMILES string of the molecule is CCC(C)C(NC(=O)c1ccccc1)C(=O)NC(C)c1ccc(Cl)s1. The predicted octanol–water partition coefficient (Wildman–Crippen LogP) is 4.42. The summed E-state index contributed by atoms with van der Waals surface area (Å²) in [5, 5.41) is 5.85. The molecule has 0 saturated carbocycles. The van der Waals surface area contributed by atoms with E-state index in [9.17, 15) is 9.59 Å². The standard InChI is InChI=1S/C19H23ClN2O2S/c1-4-12(2)17(22-18(23)14-8-6-5-7-9-14)19(24)21-13(3)15-10-11-16(20)25-15/h5-13,17H,4H2,1-3H3,(H,21,24)(H,22,23). The zero-order valence-electron chi connectivity index (χ0n) is 14.6. The van der Waals surface area contributed by atoms with E-state index in [2.05, 4.69) is 10.6 Å². The summed E-state index contributed by atoms with van der Waals surface area (Å²) < 4.78 is 0.687. The normalized spacial score (nSPS) is 14.4. The fraction of sp³-hybridized carbons (Fsp3) is 0.368. The van der Waals surface area contributed by atoms with Crippen LogP contribution in [0.5, 0.6) is 0 Å². The van der Waals surface area contributed by atoms with Gasteiger partial charge in [0.2, 0.25) is 5.91 Å². The Labute approximate surface area is 157 Å². The topological polar surface area (TPSA) is 58.2 Å². The lowest BCUT2D eigenvalue weighted by Gasteiger charge is -2.25. The molecule has 1 aromatic heterocycles. The quantitative estimate of drug-likeness (QED) is 0.749. The molecule has 0 aliphatic heterocycles. The smallest absolute Gasteiger partial charge is 0.251 e. The third kappa shape index (κ3) is 5.31. The van der Waals surface area contributed by atoms with Crippen LogP contribution in [0.3, 0.4) is 0 Å². The van der Waals surface area contributed by atoms with Gasteiger partial charge in [0.15, 0.2) is 0 Å². The lowest BCUT2D eigenvalue weighted by molar-refractivity contribution is -0.124. The van der Waals surface area contributed by atoms with Crippen LogP contribution in [0.2, 0.25) is 4.34 Å². The molecule has 134 valence electrons. The summed E-state index contributed by atoms with van der Waals surface area (Å²) in [6, 6.07) is 11.9. The van der Waals surface area contributed by atoms with Gasteiger partial charge in [-0.05, 0) is 37.1 Å². The van der Waals surface area contributed by atoms with Crippen LogP contribution in [-0.4, -0.2) is 17.9 Å². The summed E-state index contributed by atoms with van der Waals surface area (Å²) in [5.41, 5.74) is 0.543. The van der Waals surface area contributed by atoms with Crippen molar-refractivity contribution in [2.45, 2.75) is 39.3 Å². The number of halogens is 1. The second-order valence-corrected chi connectivity index (χ2v) is 7.82. The van der Waals surface area contributed by atoms with Gasteiger partial charge in [0.1, 0.15) is 6.04 Å². The first-order valence-electron chi connectivity index (χ1n) is 8.33. The number of carbonyl (C=O) groups excluding carboxylic acids is 2. The summed E-state index contributed by atoms with van der Waals surface area (Å²) in [6.45, 7) is 5.87. The molecule has 2 rings (SSSR count). The monoisotopic (exact) mass is 378 g/mol. The van der Waals surface area contributed by atoms with Gasteiger partial charge in [-0.15, -0.1) is 11.3 Å².